The zero-order valence-corrected chi connectivity index (χ0v) is 12.5. The predicted octanol–water partition coefficient (Wildman–Crippen LogP) is 1.84. The van der Waals surface area contributed by atoms with Crippen LogP contribution in [0.2, 0.25) is 0 Å². The number of rotatable bonds is 7. The highest BCUT2D eigenvalue weighted by Gasteiger charge is 2.40. The Morgan fingerprint density at radius 1 is 1.30 bits per heavy atom. The SMILES string of the molecule is CCOCCNC(=O)N(C)C1(CC(=O)O)CCCCC1. The van der Waals surface area contributed by atoms with Crippen molar-refractivity contribution in [1.29, 1.82) is 0 Å². The first kappa shape index (κ1) is 16.8. The fourth-order valence-electron chi connectivity index (χ4n) is 2.83. The number of carbonyl (C=O) groups is 2. The van der Waals surface area contributed by atoms with Gasteiger partial charge in [0.1, 0.15) is 0 Å². The van der Waals surface area contributed by atoms with Crippen molar-refractivity contribution in [2.24, 2.45) is 0 Å². The molecule has 0 radical (unpaired) electrons. The van der Waals surface area contributed by atoms with Gasteiger partial charge in [0.25, 0.3) is 0 Å². The summed E-state index contributed by atoms with van der Waals surface area (Å²) in [5.41, 5.74) is -0.542. The Kier molecular flexibility index (Phi) is 6.78. The molecule has 116 valence electrons. The molecule has 0 saturated heterocycles. The van der Waals surface area contributed by atoms with Crippen LogP contribution in [0.5, 0.6) is 0 Å². The number of amides is 2. The minimum atomic E-state index is -0.846. The summed E-state index contributed by atoms with van der Waals surface area (Å²) >= 11 is 0. The van der Waals surface area contributed by atoms with Gasteiger partial charge in [0.05, 0.1) is 18.6 Å². The molecule has 0 bridgehead atoms. The summed E-state index contributed by atoms with van der Waals surface area (Å²) in [6.07, 6.45) is 4.60. The van der Waals surface area contributed by atoms with Crippen molar-refractivity contribution in [2.45, 2.75) is 51.0 Å². The summed E-state index contributed by atoms with van der Waals surface area (Å²) in [4.78, 5) is 24.9. The molecule has 1 fully saturated rings. The van der Waals surface area contributed by atoms with E-state index in [0.29, 0.717) is 19.8 Å². The Morgan fingerprint density at radius 2 is 1.95 bits per heavy atom. The van der Waals surface area contributed by atoms with Crippen LogP contribution in [0.4, 0.5) is 4.79 Å². The molecule has 0 heterocycles. The van der Waals surface area contributed by atoms with E-state index in [0.717, 1.165) is 32.1 Å². The lowest BCUT2D eigenvalue weighted by Crippen LogP contribution is -2.55. The Hall–Kier alpha value is -1.30. The number of aliphatic carboxylic acids is 1. The van der Waals surface area contributed by atoms with Gasteiger partial charge in [-0.25, -0.2) is 4.79 Å². The molecule has 6 nitrogen and oxygen atoms in total. The highest BCUT2D eigenvalue weighted by Crippen LogP contribution is 2.35. The van der Waals surface area contributed by atoms with Crippen molar-refractivity contribution >= 4 is 12.0 Å². The first-order valence-electron chi connectivity index (χ1n) is 7.33. The second kappa shape index (κ2) is 8.09. The van der Waals surface area contributed by atoms with E-state index in [2.05, 4.69) is 5.32 Å². The van der Waals surface area contributed by atoms with Crippen LogP contribution in [0.25, 0.3) is 0 Å². The molecule has 1 rings (SSSR count). The molecule has 0 atom stereocenters. The van der Waals surface area contributed by atoms with E-state index in [1.807, 2.05) is 6.92 Å². The number of hydrogen-bond acceptors (Lipinski definition) is 3. The maximum absolute atomic E-state index is 12.2. The van der Waals surface area contributed by atoms with Gasteiger partial charge in [0, 0.05) is 20.2 Å². The summed E-state index contributed by atoms with van der Waals surface area (Å²) in [6.45, 7) is 3.44. The Morgan fingerprint density at radius 3 is 2.50 bits per heavy atom. The maximum Gasteiger partial charge on any atom is 0.317 e. The number of nitrogens with zero attached hydrogens (tertiary/aromatic N) is 1. The predicted molar refractivity (Wildman–Crippen MR) is 75.7 cm³/mol. The molecule has 0 aromatic rings. The first-order valence-corrected chi connectivity index (χ1v) is 7.33. The first-order chi connectivity index (χ1) is 9.52. The second-order valence-corrected chi connectivity index (χ2v) is 5.34. The van der Waals surface area contributed by atoms with E-state index in [1.54, 1.807) is 11.9 Å². The third kappa shape index (κ3) is 4.67. The summed E-state index contributed by atoms with van der Waals surface area (Å²) in [5, 5.41) is 11.9. The van der Waals surface area contributed by atoms with Crippen LogP contribution in [-0.2, 0) is 9.53 Å². The molecule has 2 amide bonds. The largest absolute Gasteiger partial charge is 0.481 e. The Balaban J connectivity index is 2.60. The zero-order chi connectivity index (χ0) is 15.0. The minimum absolute atomic E-state index is 0.0162. The van der Waals surface area contributed by atoms with Crippen LogP contribution >= 0.6 is 0 Å². The van der Waals surface area contributed by atoms with Crippen molar-refractivity contribution in [3.8, 4) is 0 Å². The average molecular weight is 286 g/mol. The topological polar surface area (TPSA) is 78.9 Å². The van der Waals surface area contributed by atoms with Gasteiger partial charge in [-0.3, -0.25) is 4.79 Å². The second-order valence-electron chi connectivity index (χ2n) is 5.34. The van der Waals surface area contributed by atoms with Gasteiger partial charge in [0.2, 0.25) is 0 Å². The fourth-order valence-corrected chi connectivity index (χ4v) is 2.83. The number of urea groups is 1. The number of ether oxygens (including phenoxy) is 1. The molecule has 20 heavy (non-hydrogen) atoms. The van der Waals surface area contributed by atoms with Gasteiger partial charge in [-0.15, -0.1) is 0 Å². The van der Waals surface area contributed by atoms with Crippen molar-refractivity contribution in [3.63, 3.8) is 0 Å². The Bertz CT molecular complexity index is 327. The lowest BCUT2D eigenvalue weighted by atomic mass is 9.78. The highest BCUT2D eigenvalue weighted by molar-refractivity contribution is 5.76. The van der Waals surface area contributed by atoms with Crippen LogP contribution in [0, 0.1) is 0 Å². The number of carboxylic acids is 1. The molecular weight excluding hydrogens is 260 g/mol. The van der Waals surface area contributed by atoms with Gasteiger partial charge in [-0.05, 0) is 19.8 Å². The third-order valence-corrected chi connectivity index (χ3v) is 4.01. The molecule has 0 spiro atoms. The van der Waals surface area contributed by atoms with E-state index >= 15 is 0 Å². The smallest absolute Gasteiger partial charge is 0.317 e. The van der Waals surface area contributed by atoms with Gasteiger partial charge >= 0.3 is 12.0 Å². The zero-order valence-electron chi connectivity index (χ0n) is 12.5. The molecular formula is C14H26N2O4. The minimum Gasteiger partial charge on any atom is -0.481 e. The highest BCUT2D eigenvalue weighted by atomic mass is 16.5. The summed E-state index contributed by atoms with van der Waals surface area (Å²) < 4.78 is 5.17. The monoisotopic (exact) mass is 286 g/mol. The number of carbonyl (C=O) groups excluding carboxylic acids is 1. The van der Waals surface area contributed by atoms with Crippen LogP contribution in [0.15, 0.2) is 0 Å². The maximum atomic E-state index is 12.2. The molecule has 0 aliphatic heterocycles. The standard InChI is InChI=1S/C14H26N2O4/c1-3-20-10-9-15-13(19)16(2)14(11-12(17)18)7-5-4-6-8-14/h3-11H2,1-2H3,(H,15,19)(H,17,18). The van der Waals surface area contributed by atoms with E-state index < -0.39 is 11.5 Å². The molecule has 0 aromatic heterocycles. The van der Waals surface area contributed by atoms with Crippen LogP contribution in [0.3, 0.4) is 0 Å². The quantitative estimate of drug-likeness (QED) is 0.700. The molecule has 0 unspecified atom stereocenters. The van der Waals surface area contributed by atoms with Gasteiger partial charge < -0.3 is 20.1 Å². The van der Waals surface area contributed by atoms with Gasteiger partial charge in [-0.1, -0.05) is 19.3 Å². The summed E-state index contributed by atoms with van der Waals surface area (Å²) in [5.74, 6) is -0.846. The van der Waals surface area contributed by atoms with Crippen LogP contribution < -0.4 is 5.32 Å². The lowest BCUT2D eigenvalue weighted by molar-refractivity contribution is -0.140. The third-order valence-electron chi connectivity index (χ3n) is 4.01. The molecule has 1 saturated carbocycles. The normalized spacial score (nSPS) is 17.5. The molecule has 1 aliphatic carbocycles. The van der Waals surface area contributed by atoms with Crippen molar-refractivity contribution in [2.75, 3.05) is 26.8 Å². The van der Waals surface area contributed by atoms with E-state index in [4.69, 9.17) is 9.84 Å². The fraction of sp³-hybridized carbons (Fsp3) is 0.857. The van der Waals surface area contributed by atoms with E-state index in [9.17, 15) is 9.59 Å². The number of carboxylic acid groups (broad SMARTS) is 1. The van der Waals surface area contributed by atoms with Crippen molar-refractivity contribution < 1.29 is 19.4 Å². The van der Waals surface area contributed by atoms with E-state index in [-0.39, 0.29) is 12.5 Å². The Labute approximate surface area is 120 Å². The average Bonchev–Trinajstić information content (AvgIpc) is 2.42. The number of hydrogen-bond donors (Lipinski definition) is 2. The van der Waals surface area contributed by atoms with Gasteiger partial charge in [0.15, 0.2) is 0 Å². The summed E-state index contributed by atoms with van der Waals surface area (Å²) in [6, 6.07) is -0.215. The van der Waals surface area contributed by atoms with Crippen molar-refractivity contribution in [1.82, 2.24) is 10.2 Å². The summed E-state index contributed by atoms with van der Waals surface area (Å²) in [7, 11) is 1.70. The lowest BCUT2D eigenvalue weighted by Gasteiger charge is -2.43. The van der Waals surface area contributed by atoms with Crippen molar-refractivity contribution in [3.05, 3.63) is 0 Å². The van der Waals surface area contributed by atoms with Gasteiger partial charge in [-0.2, -0.15) is 0 Å². The molecule has 0 aromatic carbocycles. The molecule has 6 heteroatoms. The molecule has 2 N–H and O–H groups in total. The number of nitrogens with one attached hydrogen (secondary N) is 1. The van der Waals surface area contributed by atoms with E-state index in [1.165, 1.54) is 0 Å². The van der Waals surface area contributed by atoms with Crippen LogP contribution in [-0.4, -0.2) is 54.4 Å². The molecule has 1 aliphatic rings. The van der Waals surface area contributed by atoms with Crippen LogP contribution in [0.1, 0.15) is 45.4 Å².